The summed E-state index contributed by atoms with van der Waals surface area (Å²) in [7, 11) is 3.20. The lowest BCUT2D eigenvalue weighted by atomic mass is 10.1. The summed E-state index contributed by atoms with van der Waals surface area (Å²) in [5.74, 6) is 1.90. The molecule has 30 heavy (non-hydrogen) atoms. The third kappa shape index (κ3) is 5.67. The quantitative estimate of drug-likeness (QED) is 0.529. The van der Waals surface area contributed by atoms with Crippen LogP contribution in [0.15, 0.2) is 66.7 Å². The van der Waals surface area contributed by atoms with Gasteiger partial charge in [0.2, 0.25) is 0 Å². The highest BCUT2D eigenvalue weighted by Crippen LogP contribution is 2.27. The Balaban J connectivity index is 1.49. The van der Waals surface area contributed by atoms with Crippen molar-refractivity contribution in [1.29, 1.82) is 0 Å². The number of nitrogens with one attached hydrogen (secondary N) is 1. The first-order valence-electron chi connectivity index (χ1n) is 9.56. The molecule has 0 aliphatic heterocycles. The molecule has 6 heteroatoms. The van der Waals surface area contributed by atoms with Crippen LogP contribution in [-0.4, -0.2) is 26.7 Å². The van der Waals surface area contributed by atoms with Crippen molar-refractivity contribution in [2.75, 3.05) is 20.8 Å². The normalized spacial score (nSPS) is 10.4. The molecule has 3 aromatic rings. The Kier molecular flexibility index (Phi) is 7.57. The SMILES string of the molecule is COc1ccc(CCNC(=O)c2ccc(OCc3ccccc3Cl)cc2)cc1OC. The van der Waals surface area contributed by atoms with Crippen molar-refractivity contribution in [1.82, 2.24) is 5.32 Å². The fourth-order valence-corrected chi connectivity index (χ4v) is 3.13. The molecular formula is C24H24ClNO4. The summed E-state index contributed by atoms with van der Waals surface area (Å²) < 4.78 is 16.3. The summed E-state index contributed by atoms with van der Waals surface area (Å²) >= 11 is 6.14. The summed E-state index contributed by atoms with van der Waals surface area (Å²) in [6, 6.07) is 20.3. The molecule has 0 unspecified atom stereocenters. The molecule has 0 bridgehead atoms. The van der Waals surface area contributed by atoms with Gasteiger partial charge in [0, 0.05) is 22.7 Å². The van der Waals surface area contributed by atoms with Gasteiger partial charge in [-0.15, -0.1) is 0 Å². The molecule has 1 N–H and O–H groups in total. The van der Waals surface area contributed by atoms with Crippen LogP contribution in [0.1, 0.15) is 21.5 Å². The summed E-state index contributed by atoms with van der Waals surface area (Å²) in [6.07, 6.45) is 0.686. The number of carbonyl (C=O) groups excluding carboxylic acids is 1. The van der Waals surface area contributed by atoms with Crippen LogP contribution >= 0.6 is 11.6 Å². The molecule has 0 saturated heterocycles. The first-order chi connectivity index (χ1) is 14.6. The molecule has 0 heterocycles. The Labute approximate surface area is 181 Å². The number of methoxy groups -OCH3 is 2. The maximum atomic E-state index is 12.4. The molecular weight excluding hydrogens is 402 g/mol. The minimum Gasteiger partial charge on any atom is -0.493 e. The van der Waals surface area contributed by atoms with Gasteiger partial charge in [0.1, 0.15) is 12.4 Å². The summed E-state index contributed by atoms with van der Waals surface area (Å²) in [6.45, 7) is 0.885. The number of ether oxygens (including phenoxy) is 3. The van der Waals surface area contributed by atoms with E-state index in [1.54, 1.807) is 38.5 Å². The van der Waals surface area contributed by atoms with E-state index in [2.05, 4.69) is 5.32 Å². The zero-order chi connectivity index (χ0) is 21.3. The Hall–Kier alpha value is -3.18. The maximum Gasteiger partial charge on any atom is 0.251 e. The second-order valence-corrected chi connectivity index (χ2v) is 7.01. The van der Waals surface area contributed by atoms with Crippen molar-refractivity contribution in [2.24, 2.45) is 0 Å². The van der Waals surface area contributed by atoms with E-state index >= 15 is 0 Å². The van der Waals surface area contributed by atoms with Crippen LogP contribution in [0.4, 0.5) is 0 Å². The smallest absolute Gasteiger partial charge is 0.251 e. The number of rotatable bonds is 9. The molecule has 3 rings (SSSR count). The average molecular weight is 426 g/mol. The molecule has 0 spiro atoms. The molecule has 0 atom stereocenters. The molecule has 156 valence electrons. The van der Waals surface area contributed by atoms with E-state index in [4.69, 9.17) is 25.8 Å². The maximum absolute atomic E-state index is 12.4. The highest BCUT2D eigenvalue weighted by atomic mass is 35.5. The number of amides is 1. The first-order valence-corrected chi connectivity index (χ1v) is 9.94. The van der Waals surface area contributed by atoms with Crippen molar-refractivity contribution < 1.29 is 19.0 Å². The molecule has 0 aliphatic rings. The fraction of sp³-hybridized carbons (Fsp3) is 0.208. The van der Waals surface area contributed by atoms with Gasteiger partial charge in [0.05, 0.1) is 14.2 Å². The van der Waals surface area contributed by atoms with Crippen LogP contribution < -0.4 is 19.5 Å². The lowest BCUT2D eigenvalue weighted by molar-refractivity contribution is 0.0954. The van der Waals surface area contributed by atoms with Gasteiger partial charge in [-0.05, 0) is 54.4 Å². The van der Waals surface area contributed by atoms with Crippen molar-refractivity contribution in [3.8, 4) is 17.2 Å². The standard InChI is InChI=1S/C24H24ClNO4/c1-28-22-12-7-17(15-23(22)29-2)13-14-26-24(27)18-8-10-20(11-9-18)30-16-19-5-3-4-6-21(19)25/h3-12,15H,13-14,16H2,1-2H3,(H,26,27). The monoisotopic (exact) mass is 425 g/mol. The Morgan fingerprint density at radius 2 is 1.67 bits per heavy atom. The van der Waals surface area contributed by atoms with E-state index in [0.717, 1.165) is 11.1 Å². The molecule has 0 radical (unpaired) electrons. The topological polar surface area (TPSA) is 56.8 Å². The van der Waals surface area contributed by atoms with Crippen molar-refractivity contribution in [2.45, 2.75) is 13.0 Å². The van der Waals surface area contributed by atoms with E-state index in [-0.39, 0.29) is 5.91 Å². The third-order valence-corrected chi connectivity index (χ3v) is 4.98. The van der Waals surface area contributed by atoms with Gasteiger partial charge in [0.25, 0.3) is 5.91 Å². The van der Waals surface area contributed by atoms with Crippen LogP contribution in [0.25, 0.3) is 0 Å². The van der Waals surface area contributed by atoms with Gasteiger partial charge < -0.3 is 19.5 Å². The fourth-order valence-electron chi connectivity index (χ4n) is 2.94. The number of halogens is 1. The van der Waals surface area contributed by atoms with Crippen molar-refractivity contribution in [3.05, 3.63) is 88.4 Å². The van der Waals surface area contributed by atoms with Crippen LogP contribution in [0, 0.1) is 0 Å². The Morgan fingerprint density at radius 3 is 2.37 bits per heavy atom. The third-order valence-electron chi connectivity index (χ3n) is 4.62. The highest BCUT2D eigenvalue weighted by molar-refractivity contribution is 6.31. The minimum atomic E-state index is -0.131. The second-order valence-electron chi connectivity index (χ2n) is 6.60. The molecule has 0 aliphatic carbocycles. The lowest BCUT2D eigenvalue weighted by Gasteiger charge is -2.11. The number of carbonyl (C=O) groups is 1. The molecule has 0 fully saturated rings. The van der Waals surface area contributed by atoms with Gasteiger partial charge in [-0.25, -0.2) is 0 Å². The predicted octanol–water partition coefficient (Wildman–Crippen LogP) is 4.91. The molecule has 3 aromatic carbocycles. The largest absolute Gasteiger partial charge is 0.493 e. The number of benzene rings is 3. The number of hydrogen-bond donors (Lipinski definition) is 1. The van der Waals surface area contributed by atoms with Gasteiger partial charge in [-0.2, -0.15) is 0 Å². The summed E-state index contributed by atoms with van der Waals surface area (Å²) in [4.78, 5) is 12.4. The van der Waals surface area contributed by atoms with Gasteiger partial charge >= 0.3 is 0 Å². The van der Waals surface area contributed by atoms with E-state index in [1.807, 2.05) is 42.5 Å². The molecule has 5 nitrogen and oxygen atoms in total. The van der Waals surface area contributed by atoms with Crippen LogP contribution in [-0.2, 0) is 13.0 Å². The van der Waals surface area contributed by atoms with E-state index in [0.29, 0.717) is 47.4 Å². The summed E-state index contributed by atoms with van der Waals surface area (Å²) in [5, 5.41) is 3.60. The van der Waals surface area contributed by atoms with Gasteiger partial charge in [-0.1, -0.05) is 35.9 Å². The summed E-state index contributed by atoms with van der Waals surface area (Å²) in [5.41, 5.74) is 2.54. The molecule has 1 amide bonds. The minimum absolute atomic E-state index is 0.131. The average Bonchev–Trinajstić information content (AvgIpc) is 2.78. The lowest BCUT2D eigenvalue weighted by Crippen LogP contribution is -2.25. The van der Waals surface area contributed by atoms with Crippen molar-refractivity contribution in [3.63, 3.8) is 0 Å². The Bertz CT molecular complexity index is 989. The number of hydrogen-bond acceptors (Lipinski definition) is 4. The van der Waals surface area contributed by atoms with Crippen LogP contribution in [0.5, 0.6) is 17.2 Å². The predicted molar refractivity (Wildman–Crippen MR) is 118 cm³/mol. The van der Waals surface area contributed by atoms with Crippen molar-refractivity contribution >= 4 is 17.5 Å². The second kappa shape index (κ2) is 10.6. The van der Waals surface area contributed by atoms with E-state index in [1.165, 1.54) is 0 Å². The van der Waals surface area contributed by atoms with E-state index < -0.39 is 0 Å². The zero-order valence-electron chi connectivity index (χ0n) is 17.0. The molecule has 0 aromatic heterocycles. The van der Waals surface area contributed by atoms with Crippen LogP contribution in [0.3, 0.4) is 0 Å². The first kappa shape index (κ1) is 21.5. The highest BCUT2D eigenvalue weighted by Gasteiger charge is 2.08. The Morgan fingerprint density at radius 1 is 0.933 bits per heavy atom. The zero-order valence-corrected chi connectivity index (χ0v) is 17.7. The van der Waals surface area contributed by atoms with Gasteiger partial charge in [0.15, 0.2) is 11.5 Å². The molecule has 0 saturated carbocycles. The van der Waals surface area contributed by atoms with Gasteiger partial charge in [-0.3, -0.25) is 4.79 Å². The van der Waals surface area contributed by atoms with Crippen LogP contribution in [0.2, 0.25) is 5.02 Å². The van der Waals surface area contributed by atoms with E-state index in [9.17, 15) is 4.79 Å².